The number of alkyl halides is 1. The molecule has 1 unspecified atom stereocenters. The summed E-state index contributed by atoms with van der Waals surface area (Å²) in [7, 11) is 4.20. The van der Waals surface area contributed by atoms with E-state index < -0.39 is 0 Å². The van der Waals surface area contributed by atoms with Crippen molar-refractivity contribution in [2.75, 3.05) is 39.6 Å². The monoisotopic (exact) mass is 218 g/mol. The smallest absolute Gasteiger partial charge is 0.0443 e. The molecule has 0 aromatic heterocycles. The van der Waals surface area contributed by atoms with Crippen molar-refractivity contribution in [3.05, 3.63) is 12.2 Å². The molecule has 0 aliphatic rings. The second-order valence-corrected chi connectivity index (χ2v) is 4.33. The summed E-state index contributed by atoms with van der Waals surface area (Å²) in [6.45, 7) is 11.4. The van der Waals surface area contributed by atoms with Crippen molar-refractivity contribution < 1.29 is 0 Å². The van der Waals surface area contributed by atoms with Gasteiger partial charge in [-0.3, -0.25) is 4.90 Å². The highest BCUT2D eigenvalue weighted by molar-refractivity contribution is 6.19. The van der Waals surface area contributed by atoms with Crippen LogP contribution in [-0.4, -0.2) is 55.5 Å². The van der Waals surface area contributed by atoms with E-state index in [1.807, 2.05) is 0 Å². The van der Waals surface area contributed by atoms with Crippen molar-refractivity contribution >= 4 is 11.6 Å². The lowest BCUT2D eigenvalue weighted by Crippen LogP contribution is -2.41. The van der Waals surface area contributed by atoms with E-state index in [0.717, 1.165) is 25.2 Å². The molecule has 0 rings (SSSR count). The van der Waals surface area contributed by atoms with Crippen LogP contribution in [0.15, 0.2) is 12.2 Å². The predicted molar refractivity (Wildman–Crippen MR) is 65.1 cm³/mol. The van der Waals surface area contributed by atoms with E-state index in [2.05, 4.69) is 44.3 Å². The van der Waals surface area contributed by atoms with Gasteiger partial charge < -0.3 is 4.90 Å². The Morgan fingerprint density at radius 2 is 2.00 bits per heavy atom. The van der Waals surface area contributed by atoms with Gasteiger partial charge in [0.25, 0.3) is 0 Å². The van der Waals surface area contributed by atoms with Gasteiger partial charge in [0.05, 0.1) is 0 Å². The van der Waals surface area contributed by atoms with E-state index >= 15 is 0 Å². The van der Waals surface area contributed by atoms with Crippen molar-refractivity contribution in [3.8, 4) is 0 Å². The maximum Gasteiger partial charge on any atom is 0.0443 e. The van der Waals surface area contributed by atoms with Gasteiger partial charge in [0, 0.05) is 25.0 Å². The first-order valence-electron chi connectivity index (χ1n) is 5.12. The summed E-state index contributed by atoms with van der Waals surface area (Å²) in [5, 5.41) is 0. The SMILES string of the molecule is C=C(CCl)CN(CC)C(C)CN(C)C. The van der Waals surface area contributed by atoms with Gasteiger partial charge in [-0.2, -0.15) is 0 Å². The molecule has 3 heteroatoms. The number of nitrogens with zero attached hydrogens (tertiary/aromatic N) is 2. The molecule has 0 aliphatic heterocycles. The van der Waals surface area contributed by atoms with Crippen LogP contribution < -0.4 is 0 Å². The van der Waals surface area contributed by atoms with Crippen LogP contribution in [0.5, 0.6) is 0 Å². The summed E-state index contributed by atoms with van der Waals surface area (Å²) in [5.74, 6) is 0.561. The average molecular weight is 219 g/mol. The quantitative estimate of drug-likeness (QED) is 0.477. The van der Waals surface area contributed by atoms with Gasteiger partial charge in [-0.1, -0.05) is 13.5 Å². The minimum atomic E-state index is 0.551. The van der Waals surface area contributed by atoms with Gasteiger partial charge in [-0.15, -0.1) is 11.6 Å². The number of hydrogen-bond acceptors (Lipinski definition) is 2. The number of halogens is 1. The van der Waals surface area contributed by atoms with E-state index in [1.165, 1.54) is 0 Å². The molecule has 0 fully saturated rings. The van der Waals surface area contributed by atoms with Gasteiger partial charge >= 0.3 is 0 Å². The molecule has 0 bridgehead atoms. The van der Waals surface area contributed by atoms with E-state index in [9.17, 15) is 0 Å². The third kappa shape index (κ3) is 5.63. The Labute approximate surface area is 93.5 Å². The van der Waals surface area contributed by atoms with Crippen LogP contribution in [0.2, 0.25) is 0 Å². The molecule has 0 heterocycles. The Balaban J connectivity index is 4.04. The molecule has 2 nitrogen and oxygen atoms in total. The summed E-state index contributed by atoms with van der Waals surface area (Å²) in [6.07, 6.45) is 0. The molecule has 1 atom stereocenters. The van der Waals surface area contributed by atoms with E-state index in [-0.39, 0.29) is 0 Å². The molecular weight excluding hydrogens is 196 g/mol. The number of hydrogen-bond donors (Lipinski definition) is 0. The van der Waals surface area contributed by atoms with Crippen molar-refractivity contribution in [2.24, 2.45) is 0 Å². The fourth-order valence-electron chi connectivity index (χ4n) is 1.55. The molecule has 0 aromatic rings. The van der Waals surface area contributed by atoms with Gasteiger partial charge in [-0.25, -0.2) is 0 Å². The van der Waals surface area contributed by atoms with Gasteiger partial charge in [-0.05, 0) is 33.1 Å². The molecule has 14 heavy (non-hydrogen) atoms. The van der Waals surface area contributed by atoms with Gasteiger partial charge in [0.1, 0.15) is 0 Å². The second-order valence-electron chi connectivity index (χ2n) is 4.06. The summed E-state index contributed by atoms with van der Waals surface area (Å²) in [6, 6.07) is 0.551. The normalized spacial score (nSPS) is 13.6. The van der Waals surface area contributed by atoms with Gasteiger partial charge in [0.15, 0.2) is 0 Å². The number of likely N-dealkylation sites (N-methyl/N-ethyl adjacent to an activating group) is 2. The first kappa shape index (κ1) is 13.9. The Kier molecular flexibility index (Phi) is 7.24. The van der Waals surface area contributed by atoms with Crippen LogP contribution in [0.4, 0.5) is 0 Å². The predicted octanol–water partition coefficient (Wildman–Crippen LogP) is 2.05. The zero-order valence-corrected chi connectivity index (χ0v) is 10.6. The largest absolute Gasteiger partial charge is 0.308 e. The van der Waals surface area contributed by atoms with Crippen molar-refractivity contribution in [1.29, 1.82) is 0 Å². The highest BCUT2D eigenvalue weighted by Gasteiger charge is 2.13. The van der Waals surface area contributed by atoms with Crippen molar-refractivity contribution in [3.63, 3.8) is 0 Å². The van der Waals surface area contributed by atoms with Crippen LogP contribution in [0.3, 0.4) is 0 Å². The van der Waals surface area contributed by atoms with Crippen molar-refractivity contribution in [1.82, 2.24) is 9.80 Å². The molecule has 0 aromatic carbocycles. The summed E-state index contributed by atoms with van der Waals surface area (Å²) < 4.78 is 0. The van der Waals surface area contributed by atoms with Gasteiger partial charge in [0.2, 0.25) is 0 Å². The lowest BCUT2D eigenvalue weighted by molar-refractivity contribution is 0.195. The van der Waals surface area contributed by atoms with Crippen LogP contribution in [0.25, 0.3) is 0 Å². The summed E-state index contributed by atoms with van der Waals surface area (Å²) in [4.78, 5) is 4.60. The summed E-state index contributed by atoms with van der Waals surface area (Å²) >= 11 is 5.73. The Morgan fingerprint density at radius 3 is 2.36 bits per heavy atom. The highest BCUT2D eigenvalue weighted by atomic mass is 35.5. The fraction of sp³-hybridized carbons (Fsp3) is 0.818. The van der Waals surface area contributed by atoms with Crippen LogP contribution in [-0.2, 0) is 0 Å². The van der Waals surface area contributed by atoms with Crippen LogP contribution in [0.1, 0.15) is 13.8 Å². The minimum Gasteiger partial charge on any atom is -0.308 e. The molecule has 0 saturated carbocycles. The third-order valence-corrected chi connectivity index (χ3v) is 2.65. The number of rotatable bonds is 7. The van der Waals surface area contributed by atoms with Crippen LogP contribution in [0, 0.1) is 0 Å². The van der Waals surface area contributed by atoms with E-state index in [0.29, 0.717) is 11.9 Å². The molecule has 0 saturated heterocycles. The Bertz CT molecular complexity index is 169. The topological polar surface area (TPSA) is 6.48 Å². The van der Waals surface area contributed by atoms with Crippen LogP contribution >= 0.6 is 11.6 Å². The minimum absolute atomic E-state index is 0.551. The molecule has 0 N–H and O–H groups in total. The lowest BCUT2D eigenvalue weighted by Gasteiger charge is -2.30. The zero-order valence-electron chi connectivity index (χ0n) is 9.89. The first-order valence-corrected chi connectivity index (χ1v) is 5.66. The molecule has 0 radical (unpaired) electrons. The zero-order chi connectivity index (χ0) is 11.1. The average Bonchev–Trinajstić information content (AvgIpc) is 2.12. The maximum absolute atomic E-state index is 5.73. The fourth-order valence-corrected chi connectivity index (χ4v) is 1.64. The first-order chi connectivity index (χ1) is 6.51. The Morgan fingerprint density at radius 1 is 1.43 bits per heavy atom. The third-order valence-electron chi connectivity index (χ3n) is 2.27. The summed E-state index contributed by atoms with van der Waals surface area (Å²) in [5.41, 5.74) is 1.10. The lowest BCUT2D eigenvalue weighted by atomic mass is 10.2. The van der Waals surface area contributed by atoms with E-state index in [4.69, 9.17) is 11.6 Å². The molecule has 0 amide bonds. The molecule has 0 spiro atoms. The molecule has 0 aliphatic carbocycles. The highest BCUT2D eigenvalue weighted by Crippen LogP contribution is 2.05. The molecule has 84 valence electrons. The molecular formula is C11H23ClN2. The second kappa shape index (κ2) is 7.27. The maximum atomic E-state index is 5.73. The van der Waals surface area contributed by atoms with Crippen molar-refractivity contribution in [2.45, 2.75) is 19.9 Å². The standard InChI is InChI=1S/C11H23ClN2/c1-6-14(8-10(2)7-12)11(3)9-13(4)5/h11H,2,6-9H2,1,3-5H3. The van der Waals surface area contributed by atoms with E-state index in [1.54, 1.807) is 0 Å². The Hall–Kier alpha value is -0.0500.